The third-order valence-electron chi connectivity index (χ3n) is 4.96. The Morgan fingerprint density at radius 3 is 2.56 bits per heavy atom. The van der Waals surface area contributed by atoms with Crippen LogP contribution in [0.1, 0.15) is 34.7 Å². The standard InChI is InChI=1S/C19H16ClF3N6O2S/c1-11(16-26-10-27-29(16)18-24-3-2-4-25-18)28(15-8-32(31)9-15)17(30)12-5-13(19(21,22)23)7-14(20)6-12/h2-7,10-11,15H,8-9H2,1H3. The van der Waals surface area contributed by atoms with E-state index in [0.29, 0.717) is 5.82 Å². The normalized spacial score (nSPS) is 19.3. The molecule has 1 fully saturated rings. The number of alkyl halides is 3. The van der Waals surface area contributed by atoms with Gasteiger partial charge in [-0.3, -0.25) is 4.79 Å². The van der Waals surface area contributed by atoms with Gasteiger partial charge in [-0.15, -0.1) is 0 Å². The van der Waals surface area contributed by atoms with Gasteiger partial charge in [0.05, 0.1) is 11.6 Å². The molecule has 0 aliphatic carbocycles. The van der Waals surface area contributed by atoms with Gasteiger partial charge >= 0.3 is 6.18 Å². The summed E-state index contributed by atoms with van der Waals surface area (Å²) >= 11 is 4.77. The van der Waals surface area contributed by atoms with Gasteiger partial charge in [0.25, 0.3) is 11.9 Å². The van der Waals surface area contributed by atoms with Gasteiger partial charge in [-0.1, -0.05) is 11.6 Å². The molecule has 1 aromatic carbocycles. The van der Waals surface area contributed by atoms with Crippen molar-refractivity contribution in [2.45, 2.75) is 25.2 Å². The lowest BCUT2D eigenvalue weighted by atomic mass is 10.1. The molecule has 1 aliphatic heterocycles. The minimum Gasteiger partial charge on any atom is -0.616 e. The highest BCUT2D eigenvalue weighted by molar-refractivity contribution is 7.92. The summed E-state index contributed by atoms with van der Waals surface area (Å²) in [6, 6.07) is 3.14. The van der Waals surface area contributed by atoms with Crippen LogP contribution in [0.15, 0.2) is 43.0 Å². The second-order valence-corrected chi connectivity index (χ2v) is 9.10. The summed E-state index contributed by atoms with van der Waals surface area (Å²) in [4.78, 5) is 27.3. The average molecular weight is 485 g/mol. The van der Waals surface area contributed by atoms with Crippen molar-refractivity contribution >= 4 is 28.7 Å². The van der Waals surface area contributed by atoms with Crippen LogP contribution in [0.25, 0.3) is 5.95 Å². The molecule has 0 saturated carbocycles. The van der Waals surface area contributed by atoms with E-state index >= 15 is 0 Å². The molecule has 0 bridgehead atoms. The smallest absolute Gasteiger partial charge is 0.416 e. The summed E-state index contributed by atoms with van der Waals surface area (Å²) in [7, 11) is 0. The molecule has 3 aromatic rings. The Morgan fingerprint density at radius 2 is 1.94 bits per heavy atom. The van der Waals surface area contributed by atoms with Crippen LogP contribution in [0.2, 0.25) is 5.02 Å². The van der Waals surface area contributed by atoms with Crippen LogP contribution in [0.4, 0.5) is 13.2 Å². The lowest BCUT2D eigenvalue weighted by Crippen LogP contribution is -2.56. The predicted octanol–water partition coefficient (Wildman–Crippen LogP) is 3.06. The van der Waals surface area contributed by atoms with Gasteiger partial charge in [-0.2, -0.15) is 23.0 Å². The number of nitrogens with zero attached hydrogens (tertiary/aromatic N) is 6. The van der Waals surface area contributed by atoms with Crippen LogP contribution in [0.5, 0.6) is 0 Å². The molecule has 2 aromatic heterocycles. The Balaban J connectivity index is 1.73. The van der Waals surface area contributed by atoms with E-state index in [0.717, 1.165) is 12.1 Å². The van der Waals surface area contributed by atoms with Gasteiger partial charge in [-0.05, 0) is 42.4 Å². The van der Waals surface area contributed by atoms with Crippen molar-refractivity contribution in [3.8, 4) is 5.95 Å². The fraction of sp³-hybridized carbons (Fsp3) is 0.316. The lowest BCUT2D eigenvalue weighted by Gasteiger charge is -2.41. The van der Waals surface area contributed by atoms with Crippen molar-refractivity contribution in [2.24, 2.45) is 0 Å². The monoisotopic (exact) mass is 484 g/mol. The van der Waals surface area contributed by atoms with Crippen molar-refractivity contribution < 1.29 is 22.5 Å². The number of amides is 1. The molecule has 0 spiro atoms. The van der Waals surface area contributed by atoms with Gasteiger partial charge in [0.2, 0.25) is 0 Å². The average Bonchev–Trinajstić information content (AvgIpc) is 3.22. The minimum absolute atomic E-state index is 0.207. The van der Waals surface area contributed by atoms with Crippen LogP contribution in [-0.4, -0.2) is 57.6 Å². The summed E-state index contributed by atoms with van der Waals surface area (Å²) in [5, 5.41) is 3.90. The first-order valence-corrected chi connectivity index (χ1v) is 11.2. The van der Waals surface area contributed by atoms with Crippen LogP contribution in [0, 0.1) is 0 Å². The highest BCUT2D eigenvalue weighted by Gasteiger charge is 2.43. The zero-order valence-corrected chi connectivity index (χ0v) is 18.1. The van der Waals surface area contributed by atoms with E-state index in [-0.39, 0.29) is 28.0 Å². The van der Waals surface area contributed by atoms with Crippen molar-refractivity contribution in [1.82, 2.24) is 29.6 Å². The molecule has 1 atom stereocenters. The van der Waals surface area contributed by atoms with Crippen LogP contribution in [0.3, 0.4) is 0 Å². The van der Waals surface area contributed by atoms with Gasteiger partial charge in [0.1, 0.15) is 23.9 Å². The molecule has 13 heteroatoms. The van der Waals surface area contributed by atoms with Crippen LogP contribution in [-0.2, 0) is 17.4 Å². The topological polar surface area (TPSA) is 99.9 Å². The van der Waals surface area contributed by atoms with Crippen LogP contribution < -0.4 is 0 Å². The SMILES string of the molecule is CC(c1ncnn1-c1ncccn1)N(C(=O)c1cc(Cl)cc(C(F)(F)F)c1)C1C[S+]([O-])C1. The Hall–Kier alpha value is -2.70. The Bertz CT molecular complexity index is 1120. The first-order valence-electron chi connectivity index (χ1n) is 9.38. The second-order valence-electron chi connectivity index (χ2n) is 7.12. The second kappa shape index (κ2) is 8.68. The Labute approximate surface area is 188 Å². The third-order valence-corrected chi connectivity index (χ3v) is 6.69. The molecule has 1 saturated heterocycles. The largest absolute Gasteiger partial charge is 0.616 e. The van der Waals surface area contributed by atoms with E-state index in [2.05, 4.69) is 20.1 Å². The number of carbonyl (C=O) groups excluding carboxylic acids is 1. The molecule has 4 rings (SSSR count). The molecule has 1 unspecified atom stereocenters. The number of carbonyl (C=O) groups is 1. The summed E-state index contributed by atoms with van der Waals surface area (Å²) in [5.74, 6) is 0.256. The molecule has 3 heterocycles. The highest BCUT2D eigenvalue weighted by Crippen LogP contribution is 2.34. The third kappa shape index (κ3) is 4.43. The van der Waals surface area contributed by atoms with E-state index in [1.165, 1.54) is 34.4 Å². The van der Waals surface area contributed by atoms with Crippen molar-refractivity contribution in [3.63, 3.8) is 0 Å². The van der Waals surface area contributed by atoms with E-state index in [9.17, 15) is 22.5 Å². The number of rotatable bonds is 5. The van der Waals surface area contributed by atoms with Crippen molar-refractivity contribution in [1.29, 1.82) is 0 Å². The quantitative estimate of drug-likeness (QED) is 0.516. The molecule has 0 N–H and O–H groups in total. The first-order chi connectivity index (χ1) is 15.1. The summed E-state index contributed by atoms with van der Waals surface area (Å²) in [6.45, 7) is 1.66. The number of hydrogen-bond acceptors (Lipinski definition) is 6. The predicted molar refractivity (Wildman–Crippen MR) is 110 cm³/mol. The van der Waals surface area contributed by atoms with E-state index < -0.39 is 40.9 Å². The van der Waals surface area contributed by atoms with Crippen molar-refractivity contribution in [3.05, 3.63) is 65.0 Å². The van der Waals surface area contributed by atoms with Gasteiger partial charge in [-0.25, -0.2) is 15.0 Å². The molecule has 0 radical (unpaired) electrons. The zero-order chi connectivity index (χ0) is 23.0. The van der Waals surface area contributed by atoms with Crippen LogP contribution >= 0.6 is 11.6 Å². The molecule has 8 nitrogen and oxygen atoms in total. The fourth-order valence-corrected chi connectivity index (χ4v) is 4.76. The number of halogens is 4. The fourth-order valence-electron chi connectivity index (χ4n) is 3.44. The molecular weight excluding hydrogens is 469 g/mol. The summed E-state index contributed by atoms with van der Waals surface area (Å²) in [6.07, 6.45) is -0.369. The Morgan fingerprint density at radius 1 is 1.25 bits per heavy atom. The highest BCUT2D eigenvalue weighted by atomic mass is 35.5. The number of hydrogen-bond donors (Lipinski definition) is 0. The summed E-state index contributed by atoms with van der Waals surface area (Å²) < 4.78 is 52.9. The van der Waals surface area contributed by atoms with E-state index in [1.807, 2.05) is 0 Å². The molecule has 168 valence electrons. The van der Waals surface area contributed by atoms with Crippen molar-refractivity contribution in [2.75, 3.05) is 11.5 Å². The maximum atomic E-state index is 13.4. The van der Waals surface area contributed by atoms with Gasteiger partial charge < -0.3 is 9.45 Å². The zero-order valence-electron chi connectivity index (χ0n) is 16.5. The lowest BCUT2D eigenvalue weighted by molar-refractivity contribution is -0.137. The molecule has 1 aliphatic rings. The van der Waals surface area contributed by atoms with E-state index in [4.69, 9.17) is 11.6 Å². The number of aromatic nitrogens is 5. The van der Waals surface area contributed by atoms with Gasteiger partial charge in [0, 0.05) is 23.0 Å². The van der Waals surface area contributed by atoms with E-state index in [1.54, 1.807) is 13.0 Å². The summed E-state index contributed by atoms with van der Waals surface area (Å²) in [5.41, 5.74) is -1.25. The maximum absolute atomic E-state index is 13.4. The van der Waals surface area contributed by atoms with Gasteiger partial charge in [0.15, 0.2) is 5.82 Å². The first kappa shape index (κ1) is 22.5. The molecule has 1 amide bonds. The Kier molecular flexibility index (Phi) is 6.10. The molecular formula is C19H16ClF3N6O2S. The number of benzene rings is 1. The minimum atomic E-state index is -4.67. The maximum Gasteiger partial charge on any atom is 0.416 e. The molecule has 32 heavy (non-hydrogen) atoms.